The number of hydrogen-bond donors (Lipinski definition) is 3. The Morgan fingerprint density at radius 2 is 1.14 bits per heavy atom. The molecule has 472 valence electrons. The van der Waals surface area contributed by atoms with Crippen LogP contribution in [-0.2, 0) is 37.9 Å². The highest BCUT2D eigenvalue weighted by atomic mass is 32.2. The van der Waals surface area contributed by atoms with Crippen LogP contribution in [0, 0.1) is 13.8 Å². The average molecular weight is 1300 g/mol. The van der Waals surface area contributed by atoms with Gasteiger partial charge in [-0.3, -0.25) is 23.1 Å². The Morgan fingerprint density at radius 1 is 0.637 bits per heavy atom. The minimum atomic E-state index is -3.87. The summed E-state index contributed by atoms with van der Waals surface area (Å²) < 4.78 is 59.8. The first-order valence-electron chi connectivity index (χ1n) is 29.6. The van der Waals surface area contributed by atoms with Crippen molar-refractivity contribution in [1.82, 2.24) is 39.7 Å². The Morgan fingerprint density at radius 3 is 1.63 bits per heavy atom. The average Bonchev–Trinajstić information content (AvgIpc) is 1.47. The van der Waals surface area contributed by atoms with E-state index in [1.54, 1.807) is 78.1 Å². The number of aromatic nitrogens is 8. The van der Waals surface area contributed by atoms with Gasteiger partial charge in [0, 0.05) is 73.3 Å². The van der Waals surface area contributed by atoms with Gasteiger partial charge in [0.15, 0.2) is 5.78 Å². The zero-order valence-corrected chi connectivity index (χ0v) is 55.7. The number of anilines is 5. The fourth-order valence-corrected chi connectivity index (χ4v) is 15.0. The molecule has 5 aromatic heterocycles. The van der Waals surface area contributed by atoms with Crippen LogP contribution in [0.1, 0.15) is 138 Å². The number of nitrogens with one attached hydrogen (secondary N) is 2. The summed E-state index contributed by atoms with van der Waals surface area (Å²) in [5.41, 5.74) is 8.50. The number of ketones is 1. The van der Waals surface area contributed by atoms with Gasteiger partial charge in [-0.15, -0.1) is 22.7 Å². The molecule has 91 heavy (non-hydrogen) atoms. The number of rotatable bonds is 13. The number of carbonyl (C=O) groups excluding carboxylic acids is 1. The summed E-state index contributed by atoms with van der Waals surface area (Å²) in [6.45, 7) is 20.8. The smallest absolute Gasteiger partial charge is 0.347 e. The van der Waals surface area contributed by atoms with Crippen LogP contribution in [-0.4, -0.2) is 105 Å². The number of sulfonamides is 2. The lowest BCUT2D eigenvalue weighted by molar-refractivity contribution is 0.0701. The van der Waals surface area contributed by atoms with Gasteiger partial charge in [-0.05, 0) is 105 Å². The fraction of sp³-hybridized carbons (Fsp3) is 0.318. The summed E-state index contributed by atoms with van der Waals surface area (Å²) in [4.78, 5) is 60.5. The van der Waals surface area contributed by atoms with Gasteiger partial charge >= 0.3 is 5.97 Å². The summed E-state index contributed by atoms with van der Waals surface area (Å²) in [6.07, 6.45) is 13.0. The van der Waals surface area contributed by atoms with Gasteiger partial charge in [0.25, 0.3) is 20.0 Å². The quantitative estimate of drug-likeness (QED) is 0.0905. The van der Waals surface area contributed by atoms with E-state index in [4.69, 9.17) is 10.1 Å². The summed E-state index contributed by atoms with van der Waals surface area (Å²) in [7, 11) is -5.73. The molecule has 0 spiro atoms. The molecule has 3 atom stereocenters. The molecule has 0 bridgehead atoms. The van der Waals surface area contributed by atoms with Crippen molar-refractivity contribution in [2.75, 3.05) is 32.3 Å². The standard InChI is InChI=1S/C33H35N7O3S2.C25H26N6O2S.C8H11NO2S/c1-21-6-9-25(10-7-21)45(42,43)40-15-13-22(17-29(41)30-19-35-31(44-30)33(2,3)4)26-11-8-23(16-28(26)40)27-12-14-34-32(38-27)37-24-18-36-39(5)20-24;1-16-4-7-20(8-5-16)34(32,33)31-13-11-17(2)21-9-6-19(14-23(21)31)22-10-12-26-25(29-22)30-24-15-27-18(3)28-24;1-8(2,3)7-9-4-5(12-7)6(10)11/h6-12,14,16,18-20,22H,13,15,17H2,1-5H3,(H,34,37,38);4-10,12,14-15,17-18H,11,13H2,1-3H3,(H,26,28,29,30);4H,1-3H3,(H,10,11). The van der Waals surface area contributed by atoms with E-state index in [2.05, 4.69) is 78.3 Å². The maximum absolute atomic E-state index is 14.0. The van der Waals surface area contributed by atoms with Crippen molar-refractivity contribution >= 4 is 95.5 Å². The number of carboxylic acids is 1. The van der Waals surface area contributed by atoms with Gasteiger partial charge in [0.05, 0.1) is 71.7 Å². The summed E-state index contributed by atoms with van der Waals surface area (Å²) >= 11 is 2.67. The van der Waals surface area contributed by atoms with Crippen LogP contribution in [0.2, 0.25) is 0 Å². The second kappa shape index (κ2) is 26.5. The number of thiazole rings is 2. The molecule has 4 aromatic carbocycles. The van der Waals surface area contributed by atoms with Gasteiger partial charge in [0.1, 0.15) is 16.9 Å². The molecule has 3 aliphatic heterocycles. The summed E-state index contributed by atoms with van der Waals surface area (Å²) in [6, 6.07) is 29.1. The third-order valence-electron chi connectivity index (χ3n) is 15.3. The van der Waals surface area contributed by atoms with E-state index < -0.39 is 26.0 Å². The van der Waals surface area contributed by atoms with E-state index in [-0.39, 0.29) is 52.5 Å². The topological polar surface area (TPSA) is 273 Å². The lowest BCUT2D eigenvalue weighted by Crippen LogP contribution is -2.37. The van der Waals surface area contributed by atoms with Crippen molar-refractivity contribution in [1.29, 1.82) is 0 Å². The number of aliphatic imine (C=N–C) groups is 2. The van der Waals surface area contributed by atoms with E-state index in [1.165, 1.54) is 37.5 Å². The van der Waals surface area contributed by atoms with E-state index in [9.17, 15) is 26.4 Å². The molecule has 3 N–H and O–H groups in total. The minimum Gasteiger partial charge on any atom is -0.477 e. The second-order valence-corrected chi connectivity index (χ2v) is 30.4. The van der Waals surface area contributed by atoms with Crippen LogP contribution < -0.4 is 19.2 Å². The molecule has 0 saturated carbocycles. The third-order valence-corrected chi connectivity index (χ3v) is 21.8. The van der Waals surface area contributed by atoms with Crippen molar-refractivity contribution in [3.05, 3.63) is 176 Å². The molecule has 3 aliphatic rings. The maximum Gasteiger partial charge on any atom is 0.347 e. The SMILES string of the molecule is CC(C)(C)c1ncc(C(=O)O)s1.Cc1ccc(S(=O)(=O)N2CCC(C)c3ccc(-c4ccnc(NC5=NC(C)N=C5)n4)cc32)cc1.Cc1ccc(S(=O)(=O)N2CCC(CC(=O)c3cnc(C(C)(C)C)s3)c3ccc(-c4ccnc(Nc5cnn(C)c5)n4)cc32)cc1. The molecule has 0 amide bonds. The van der Waals surface area contributed by atoms with Crippen molar-refractivity contribution < 1.29 is 31.5 Å². The number of benzene rings is 4. The lowest BCUT2D eigenvalue weighted by Gasteiger charge is -2.35. The van der Waals surface area contributed by atoms with Gasteiger partial charge < -0.3 is 15.7 Å². The Kier molecular flexibility index (Phi) is 18.9. The number of fused-ring (bicyclic) bond motifs is 2. The predicted octanol–water partition coefficient (Wildman–Crippen LogP) is 13.2. The van der Waals surface area contributed by atoms with Crippen molar-refractivity contribution in [2.45, 2.75) is 127 Å². The number of aromatic carboxylic acids is 1. The molecular weight excluding hydrogens is 1230 g/mol. The molecule has 21 nitrogen and oxygen atoms in total. The van der Waals surface area contributed by atoms with E-state index >= 15 is 0 Å². The zero-order valence-electron chi connectivity index (χ0n) is 52.4. The second-order valence-electron chi connectivity index (χ2n) is 24.6. The molecule has 25 heteroatoms. The third kappa shape index (κ3) is 15.1. The highest BCUT2D eigenvalue weighted by molar-refractivity contribution is 7.93. The van der Waals surface area contributed by atoms with Gasteiger partial charge in [-0.25, -0.2) is 56.5 Å². The Balaban J connectivity index is 0.000000173. The monoisotopic (exact) mass is 1300 g/mol. The Hall–Kier alpha value is -8.91. The van der Waals surface area contributed by atoms with Gasteiger partial charge in [-0.1, -0.05) is 108 Å². The molecular formula is C66H72N14O7S4. The minimum absolute atomic E-state index is 0.0137. The number of carboxylic acid groups (broad SMARTS) is 1. The van der Waals surface area contributed by atoms with E-state index in [0.29, 0.717) is 68.1 Å². The number of amidine groups is 1. The molecule has 12 rings (SSSR count). The van der Waals surface area contributed by atoms with Crippen LogP contribution in [0.4, 0.5) is 29.0 Å². The largest absolute Gasteiger partial charge is 0.477 e. The zero-order chi connectivity index (χ0) is 65.2. The number of aryl methyl sites for hydroxylation is 3. The van der Waals surface area contributed by atoms with E-state index in [0.717, 1.165) is 55.5 Å². The molecule has 0 saturated heterocycles. The first kappa shape index (κ1) is 65.1. The number of carbonyl (C=O) groups is 2. The van der Waals surface area contributed by atoms with Gasteiger partial charge in [-0.2, -0.15) is 5.10 Å². The van der Waals surface area contributed by atoms with Crippen molar-refractivity contribution in [2.24, 2.45) is 17.0 Å². The molecule has 0 aliphatic carbocycles. The molecule has 0 radical (unpaired) electrons. The lowest BCUT2D eigenvalue weighted by atomic mass is 9.86. The van der Waals surface area contributed by atoms with Gasteiger partial charge in [0.2, 0.25) is 11.9 Å². The molecule has 8 heterocycles. The first-order valence-corrected chi connectivity index (χ1v) is 34.1. The van der Waals surface area contributed by atoms with Crippen LogP contribution in [0.25, 0.3) is 22.5 Å². The maximum atomic E-state index is 14.0. The van der Waals surface area contributed by atoms with Crippen LogP contribution in [0.3, 0.4) is 0 Å². The van der Waals surface area contributed by atoms with Crippen LogP contribution in [0.5, 0.6) is 0 Å². The Bertz CT molecular complexity index is 4450. The van der Waals surface area contributed by atoms with Crippen molar-refractivity contribution in [3.8, 4) is 22.5 Å². The number of hydrogen-bond acceptors (Lipinski definition) is 19. The summed E-state index contributed by atoms with van der Waals surface area (Å²) in [5.74, 6) is 0.635. The molecule has 9 aromatic rings. The fourth-order valence-electron chi connectivity index (χ4n) is 10.3. The molecule has 3 unspecified atom stereocenters. The number of nitrogens with zero attached hydrogens (tertiary/aromatic N) is 12. The first-order chi connectivity index (χ1) is 43.1. The molecule has 0 fully saturated rings. The highest BCUT2D eigenvalue weighted by Crippen LogP contribution is 2.44. The number of Topliss-reactive ketones (excluding diaryl/α,β-unsaturated/α-hetero) is 1. The summed E-state index contributed by atoms with van der Waals surface area (Å²) in [5, 5.41) is 20.8. The normalized spacial score (nSPS) is 16.3. The van der Waals surface area contributed by atoms with Crippen molar-refractivity contribution in [3.63, 3.8) is 0 Å². The van der Waals surface area contributed by atoms with E-state index in [1.807, 2.05) is 109 Å². The van der Waals surface area contributed by atoms with Crippen LogP contribution >= 0.6 is 22.7 Å². The Labute approximate surface area is 538 Å². The highest BCUT2D eigenvalue weighted by Gasteiger charge is 2.36. The van der Waals surface area contributed by atoms with Crippen LogP contribution in [0.15, 0.2) is 154 Å². The predicted molar refractivity (Wildman–Crippen MR) is 360 cm³/mol.